The third-order valence-electron chi connectivity index (χ3n) is 1.97. The molecule has 0 bridgehead atoms. The van der Waals surface area contributed by atoms with E-state index in [0.717, 1.165) is 11.3 Å². The molecule has 0 unspecified atom stereocenters. The van der Waals surface area contributed by atoms with Crippen molar-refractivity contribution in [3.05, 3.63) is 36.0 Å². The van der Waals surface area contributed by atoms with Gasteiger partial charge >= 0.3 is 0 Å². The summed E-state index contributed by atoms with van der Waals surface area (Å²) in [7, 11) is 0. The Bertz CT molecular complexity index is 479. The van der Waals surface area contributed by atoms with Crippen molar-refractivity contribution in [2.45, 2.75) is 0 Å². The SMILES string of the molecule is N#Cc1ccc(-c2ccn[nH]2)c(N)c1. The number of nitrogens with one attached hydrogen (secondary N) is 1. The van der Waals surface area contributed by atoms with Crippen LogP contribution in [0.4, 0.5) is 5.69 Å². The number of aromatic nitrogens is 2. The molecule has 3 N–H and O–H groups in total. The third-order valence-corrected chi connectivity index (χ3v) is 1.97. The van der Waals surface area contributed by atoms with E-state index >= 15 is 0 Å². The number of hydrogen-bond donors (Lipinski definition) is 2. The molecule has 0 saturated heterocycles. The number of hydrogen-bond acceptors (Lipinski definition) is 3. The van der Waals surface area contributed by atoms with Crippen LogP contribution in [0, 0.1) is 11.3 Å². The minimum absolute atomic E-state index is 0.561. The Morgan fingerprint density at radius 2 is 2.21 bits per heavy atom. The number of H-pyrrole nitrogens is 1. The molecule has 0 aliphatic heterocycles. The molecular weight excluding hydrogens is 176 g/mol. The van der Waals surface area contributed by atoms with E-state index in [2.05, 4.69) is 10.2 Å². The fourth-order valence-electron chi connectivity index (χ4n) is 1.28. The zero-order valence-electron chi connectivity index (χ0n) is 7.36. The lowest BCUT2D eigenvalue weighted by Crippen LogP contribution is -1.91. The van der Waals surface area contributed by atoms with Gasteiger partial charge in [0.05, 0.1) is 17.3 Å². The van der Waals surface area contributed by atoms with Gasteiger partial charge in [-0.1, -0.05) is 0 Å². The lowest BCUT2D eigenvalue weighted by atomic mass is 10.1. The van der Waals surface area contributed by atoms with Crippen molar-refractivity contribution >= 4 is 5.69 Å². The summed E-state index contributed by atoms with van der Waals surface area (Å²) in [4.78, 5) is 0. The molecule has 2 aromatic rings. The minimum Gasteiger partial charge on any atom is -0.398 e. The first-order valence-electron chi connectivity index (χ1n) is 4.10. The molecule has 1 aromatic heterocycles. The number of nitrogens with two attached hydrogens (primary N) is 1. The summed E-state index contributed by atoms with van der Waals surface area (Å²) >= 11 is 0. The first kappa shape index (κ1) is 8.32. The van der Waals surface area contributed by atoms with Gasteiger partial charge in [0.15, 0.2) is 0 Å². The summed E-state index contributed by atoms with van der Waals surface area (Å²) in [6.45, 7) is 0. The number of anilines is 1. The molecule has 1 heterocycles. The number of rotatable bonds is 1. The Kier molecular flexibility index (Phi) is 1.92. The molecule has 0 aliphatic carbocycles. The molecule has 0 spiro atoms. The lowest BCUT2D eigenvalue weighted by Gasteiger charge is -2.02. The monoisotopic (exact) mass is 184 g/mol. The second kappa shape index (κ2) is 3.23. The highest BCUT2D eigenvalue weighted by molar-refractivity contribution is 5.74. The Morgan fingerprint density at radius 3 is 2.79 bits per heavy atom. The van der Waals surface area contributed by atoms with Crippen LogP contribution >= 0.6 is 0 Å². The molecule has 0 fully saturated rings. The lowest BCUT2D eigenvalue weighted by molar-refractivity contribution is 1.10. The molecule has 68 valence electrons. The van der Waals surface area contributed by atoms with Gasteiger partial charge in [-0.2, -0.15) is 10.4 Å². The van der Waals surface area contributed by atoms with Crippen molar-refractivity contribution in [3.63, 3.8) is 0 Å². The molecule has 4 nitrogen and oxygen atoms in total. The van der Waals surface area contributed by atoms with Crippen molar-refractivity contribution in [2.75, 3.05) is 5.73 Å². The maximum absolute atomic E-state index is 8.66. The zero-order valence-corrected chi connectivity index (χ0v) is 7.36. The van der Waals surface area contributed by atoms with E-state index < -0.39 is 0 Å². The Balaban J connectivity index is 2.52. The molecule has 1 aromatic carbocycles. The van der Waals surface area contributed by atoms with Crippen LogP contribution in [0.5, 0.6) is 0 Å². The standard InChI is InChI=1S/C10H8N4/c11-6-7-1-2-8(9(12)5-7)10-3-4-13-14-10/h1-5H,12H2,(H,13,14). The summed E-state index contributed by atoms with van der Waals surface area (Å²) in [6.07, 6.45) is 1.66. The molecule has 14 heavy (non-hydrogen) atoms. The van der Waals surface area contributed by atoms with Gasteiger partial charge < -0.3 is 5.73 Å². The largest absolute Gasteiger partial charge is 0.398 e. The topological polar surface area (TPSA) is 78.5 Å². The van der Waals surface area contributed by atoms with Crippen molar-refractivity contribution in [1.29, 1.82) is 5.26 Å². The fourth-order valence-corrected chi connectivity index (χ4v) is 1.28. The molecule has 0 saturated carbocycles. The smallest absolute Gasteiger partial charge is 0.0992 e. The minimum atomic E-state index is 0.561. The van der Waals surface area contributed by atoms with Crippen LogP contribution in [0.3, 0.4) is 0 Å². The van der Waals surface area contributed by atoms with Crippen molar-refractivity contribution < 1.29 is 0 Å². The predicted molar refractivity (Wildman–Crippen MR) is 53.2 cm³/mol. The van der Waals surface area contributed by atoms with Gasteiger partial charge in [-0.15, -0.1) is 0 Å². The second-order valence-corrected chi connectivity index (χ2v) is 2.88. The summed E-state index contributed by atoms with van der Waals surface area (Å²) in [5.74, 6) is 0. The molecule has 0 atom stereocenters. The summed E-state index contributed by atoms with van der Waals surface area (Å²) in [5, 5.41) is 15.3. The van der Waals surface area contributed by atoms with Crippen LogP contribution in [-0.4, -0.2) is 10.2 Å². The summed E-state index contributed by atoms with van der Waals surface area (Å²) in [5.41, 5.74) is 8.64. The van der Waals surface area contributed by atoms with Gasteiger partial charge in [-0.25, -0.2) is 0 Å². The van der Waals surface area contributed by atoms with E-state index in [4.69, 9.17) is 11.0 Å². The van der Waals surface area contributed by atoms with Crippen LogP contribution < -0.4 is 5.73 Å². The number of benzene rings is 1. The van der Waals surface area contributed by atoms with E-state index in [0.29, 0.717) is 11.3 Å². The van der Waals surface area contributed by atoms with Gasteiger partial charge in [-0.05, 0) is 24.3 Å². The number of nitriles is 1. The highest BCUT2D eigenvalue weighted by Crippen LogP contribution is 2.24. The maximum Gasteiger partial charge on any atom is 0.0992 e. The number of nitrogens with zero attached hydrogens (tertiary/aromatic N) is 2. The van der Waals surface area contributed by atoms with Gasteiger partial charge in [0.2, 0.25) is 0 Å². The highest BCUT2D eigenvalue weighted by Gasteiger charge is 2.03. The molecule has 2 rings (SSSR count). The van der Waals surface area contributed by atoms with E-state index in [-0.39, 0.29) is 0 Å². The van der Waals surface area contributed by atoms with Crippen LogP contribution in [0.15, 0.2) is 30.5 Å². The average molecular weight is 184 g/mol. The van der Waals surface area contributed by atoms with Crippen LogP contribution in [0.25, 0.3) is 11.3 Å². The normalized spacial score (nSPS) is 9.64. The van der Waals surface area contributed by atoms with Crippen molar-refractivity contribution in [3.8, 4) is 17.3 Å². The van der Waals surface area contributed by atoms with Gasteiger partial charge in [0.25, 0.3) is 0 Å². The van der Waals surface area contributed by atoms with Crippen LogP contribution in [0.1, 0.15) is 5.56 Å². The number of nitrogen functional groups attached to an aromatic ring is 1. The molecule has 0 radical (unpaired) electrons. The Labute approximate surface area is 81.0 Å². The zero-order chi connectivity index (χ0) is 9.97. The van der Waals surface area contributed by atoms with Gasteiger partial charge in [-0.3, -0.25) is 5.10 Å². The second-order valence-electron chi connectivity index (χ2n) is 2.88. The first-order chi connectivity index (χ1) is 6.81. The average Bonchev–Trinajstić information content (AvgIpc) is 2.70. The number of aromatic amines is 1. The fraction of sp³-hybridized carbons (Fsp3) is 0. The molecule has 4 heteroatoms. The summed E-state index contributed by atoms with van der Waals surface area (Å²) in [6, 6.07) is 9.05. The van der Waals surface area contributed by atoms with Crippen LogP contribution in [0.2, 0.25) is 0 Å². The van der Waals surface area contributed by atoms with Gasteiger partial charge in [0, 0.05) is 17.4 Å². The van der Waals surface area contributed by atoms with E-state index in [9.17, 15) is 0 Å². The summed E-state index contributed by atoms with van der Waals surface area (Å²) < 4.78 is 0. The molecule has 0 amide bonds. The first-order valence-corrected chi connectivity index (χ1v) is 4.10. The third kappa shape index (κ3) is 1.31. The van der Waals surface area contributed by atoms with E-state index in [1.807, 2.05) is 12.1 Å². The van der Waals surface area contributed by atoms with Crippen molar-refractivity contribution in [1.82, 2.24) is 10.2 Å². The maximum atomic E-state index is 8.66. The van der Waals surface area contributed by atoms with Crippen LogP contribution in [-0.2, 0) is 0 Å². The van der Waals surface area contributed by atoms with Gasteiger partial charge in [0.1, 0.15) is 0 Å². The Morgan fingerprint density at radius 1 is 1.36 bits per heavy atom. The van der Waals surface area contributed by atoms with E-state index in [1.165, 1.54) is 0 Å². The molecular formula is C10H8N4. The molecule has 0 aliphatic rings. The highest BCUT2D eigenvalue weighted by atomic mass is 15.1. The predicted octanol–water partition coefficient (Wildman–Crippen LogP) is 1.53. The quantitative estimate of drug-likeness (QED) is 0.659. The van der Waals surface area contributed by atoms with E-state index in [1.54, 1.807) is 24.4 Å². The Hall–Kier alpha value is -2.28. The van der Waals surface area contributed by atoms with Crippen molar-refractivity contribution in [2.24, 2.45) is 0 Å².